The van der Waals surface area contributed by atoms with E-state index in [1.165, 1.54) is 12.8 Å². The molecule has 0 spiro atoms. The Morgan fingerprint density at radius 3 is 2.78 bits per heavy atom. The summed E-state index contributed by atoms with van der Waals surface area (Å²) in [4.78, 5) is 4.73. The lowest BCUT2D eigenvalue weighted by Crippen LogP contribution is -2.18. The van der Waals surface area contributed by atoms with Crippen molar-refractivity contribution in [1.29, 1.82) is 0 Å². The number of nitrogens with one attached hydrogen (secondary N) is 1. The molecular weight excluding hydrogens is 556 g/mol. The molecule has 4 rings (SSSR count). The van der Waals surface area contributed by atoms with Gasteiger partial charge in [0.2, 0.25) is 17.3 Å². The molecule has 3 aromatic rings. The lowest BCUT2D eigenvalue weighted by molar-refractivity contribution is 0.216. The number of hydrogen-bond donors (Lipinski definition) is 1. The third-order valence-corrected chi connectivity index (χ3v) is 6.89. The molecule has 168 valence electrons. The Labute approximate surface area is 209 Å². The summed E-state index contributed by atoms with van der Waals surface area (Å²) in [5.41, 5.74) is 3.28. The standard InChI is InChI=1S/C23H24Br2N4O2S/c1-3-5-8-11-32-23-27-22-19(28-29-23)15-9-6-7-10-18(15)26-21(31-22)16-12-14(24)13-17(25)20(16)30-4-2/h6-7,9-10,12-13,21,26H,3-5,8,11H2,1-2H3. The number of benzene rings is 2. The van der Waals surface area contributed by atoms with Gasteiger partial charge in [-0.2, -0.15) is 4.98 Å². The van der Waals surface area contributed by atoms with Crippen LogP contribution in [0.3, 0.4) is 0 Å². The van der Waals surface area contributed by atoms with E-state index in [0.29, 0.717) is 23.3 Å². The van der Waals surface area contributed by atoms with Crippen LogP contribution < -0.4 is 14.8 Å². The third kappa shape index (κ3) is 5.21. The normalized spacial score (nSPS) is 14.6. The molecule has 0 aliphatic carbocycles. The average molecular weight is 580 g/mol. The highest BCUT2D eigenvalue weighted by molar-refractivity contribution is 9.11. The summed E-state index contributed by atoms with van der Waals surface area (Å²) in [5.74, 6) is 2.14. The predicted octanol–water partition coefficient (Wildman–Crippen LogP) is 7.25. The Morgan fingerprint density at radius 1 is 1.12 bits per heavy atom. The zero-order valence-corrected chi connectivity index (χ0v) is 21.9. The minimum absolute atomic E-state index is 0.457. The lowest BCUT2D eigenvalue weighted by atomic mass is 10.1. The van der Waals surface area contributed by atoms with Gasteiger partial charge < -0.3 is 14.8 Å². The third-order valence-electron chi connectivity index (χ3n) is 4.92. The number of aromatic nitrogens is 3. The fraction of sp³-hybridized carbons (Fsp3) is 0.348. The van der Waals surface area contributed by atoms with E-state index in [0.717, 1.165) is 43.7 Å². The molecule has 0 saturated carbocycles. The van der Waals surface area contributed by atoms with Crippen molar-refractivity contribution in [2.75, 3.05) is 17.7 Å². The predicted molar refractivity (Wildman–Crippen MR) is 136 cm³/mol. The highest BCUT2D eigenvalue weighted by Crippen LogP contribution is 2.43. The molecule has 1 aliphatic rings. The van der Waals surface area contributed by atoms with Crippen LogP contribution in [-0.2, 0) is 0 Å². The first-order chi connectivity index (χ1) is 15.6. The van der Waals surface area contributed by atoms with E-state index >= 15 is 0 Å². The summed E-state index contributed by atoms with van der Waals surface area (Å²) >= 11 is 8.82. The van der Waals surface area contributed by atoms with Crippen LogP contribution in [0.5, 0.6) is 11.6 Å². The zero-order valence-electron chi connectivity index (χ0n) is 17.9. The topological polar surface area (TPSA) is 69.2 Å². The number of halogens is 2. The van der Waals surface area contributed by atoms with Gasteiger partial charge >= 0.3 is 0 Å². The second-order valence-electron chi connectivity index (χ2n) is 7.23. The molecule has 32 heavy (non-hydrogen) atoms. The quantitative estimate of drug-likeness (QED) is 0.223. The van der Waals surface area contributed by atoms with Crippen molar-refractivity contribution in [2.45, 2.75) is 44.5 Å². The molecule has 2 aromatic carbocycles. The fourth-order valence-electron chi connectivity index (χ4n) is 3.44. The van der Waals surface area contributed by atoms with Crippen LogP contribution in [0.2, 0.25) is 0 Å². The molecule has 1 atom stereocenters. The molecule has 6 nitrogen and oxygen atoms in total. The highest BCUT2D eigenvalue weighted by atomic mass is 79.9. The summed E-state index contributed by atoms with van der Waals surface area (Å²) < 4.78 is 14.1. The van der Waals surface area contributed by atoms with Crippen LogP contribution >= 0.6 is 43.6 Å². The minimum Gasteiger partial charge on any atom is -0.492 e. The van der Waals surface area contributed by atoms with Gasteiger partial charge in [-0.3, -0.25) is 0 Å². The van der Waals surface area contributed by atoms with Gasteiger partial charge in [-0.05, 0) is 47.5 Å². The monoisotopic (exact) mass is 578 g/mol. The molecular formula is C23H24Br2N4O2S. The molecule has 0 bridgehead atoms. The molecule has 9 heteroatoms. The van der Waals surface area contributed by atoms with Crippen molar-refractivity contribution in [3.05, 3.63) is 50.9 Å². The van der Waals surface area contributed by atoms with Gasteiger partial charge in [0, 0.05) is 21.5 Å². The molecule has 2 heterocycles. The van der Waals surface area contributed by atoms with Crippen LogP contribution in [0.15, 0.2) is 50.5 Å². The Bertz CT molecular complexity index is 1100. The highest BCUT2D eigenvalue weighted by Gasteiger charge is 2.29. The number of fused-ring (bicyclic) bond motifs is 3. The van der Waals surface area contributed by atoms with Gasteiger partial charge in [0.05, 0.1) is 16.6 Å². The number of rotatable bonds is 8. The number of unbranched alkanes of at least 4 members (excludes halogenated alkanes) is 2. The smallest absolute Gasteiger partial charge is 0.247 e. The second-order valence-corrected chi connectivity index (χ2v) is 10.1. The van der Waals surface area contributed by atoms with Gasteiger partial charge in [0.1, 0.15) is 5.75 Å². The summed E-state index contributed by atoms with van der Waals surface area (Å²) in [5, 5.41) is 13.0. The number of para-hydroxylation sites is 1. The Hall–Kier alpha value is -1.84. The minimum atomic E-state index is -0.526. The summed E-state index contributed by atoms with van der Waals surface area (Å²) in [7, 11) is 0. The van der Waals surface area contributed by atoms with Gasteiger partial charge in [-0.15, -0.1) is 10.2 Å². The van der Waals surface area contributed by atoms with Gasteiger partial charge in [0.15, 0.2) is 5.69 Å². The molecule has 0 amide bonds. The van der Waals surface area contributed by atoms with E-state index in [-0.39, 0.29) is 0 Å². The van der Waals surface area contributed by atoms with Crippen molar-refractivity contribution in [3.63, 3.8) is 0 Å². The molecule has 1 aromatic heterocycles. The van der Waals surface area contributed by atoms with Crippen molar-refractivity contribution in [1.82, 2.24) is 15.2 Å². The van der Waals surface area contributed by atoms with E-state index in [9.17, 15) is 0 Å². The van der Waals surface area contributed by atoms with E-state index in [1.807, 2.05) is 43.3 Å². The summed E-state index contributed by atoms with van der Waals surface area (Å²) in [6.07, 6.45) is 2.97. The summed E-state index contributed by atoms with van der Waals surface area (Å²) in [6.45, 7) is 4.69. The van der Waals surface area contributed by atoms with Gasteiger partial charge in [0.25, 0.3) is 0 Å². The zero-order chi connectivity index (χ0) is 22.5. The number of nitrogens with zero attached hydrogens (tertiary/aromatic N) is 3. The summed E-state index contributed by atoms with van der Waals surface area (Å²) in [6, 6.07) is 11.9. The van der Waals surface area contributed by atoms with E-state index in [2.05, 4.69) is 54.3 Å². The van der Waals surface area contributed by atoms with Crippen LogP contribution in [0.4, 0.5) is 5.69 Å². The van der Waals surface area contributed by atoms with Gasteiger partial charge in [-0.1, -0.05) is 65.7 Å². The lowest BCUT2D eigenvalue weighted by Gasteiger charge is -2.23. The Balaban J connectivity index is 1.75. The number of thioether (sulfide) groups is 1. The Kier molecular flexibility index (Phi) is 7.91. The van der Waals surface area contributed by atoms with Crippen molar-refractivity contribution in [2.24, 2.45) is 0 Å². The van der Waals surface area contributed by atoms with E-state index < -0.39 is 6.23 Å². The molecule has 1 unspecified atom stereocenters. The van der Waals surface area contributed by atoms with Crippen LogP contribution in [0.1, 0.15) is 44.9 Å². The molecule has 1 aliphatic heterocycles. The number of ether oxygens (including phenoxy) is 2. The molecule has 0 saturated heterocycles. The first-order valence-corrected chi connectivity index (χ1v) is 13.2. The Morgan fingerprint density at radius 2 is 1.97 bits per heavy atom. The maximum atomic E-state index is 6.43. The second kappa shape index (κ2) is 10.9. The van der Waals surface area contributed by atoms with Gasteiger partial charge in [-0.25, -0.2) is 0 Å². The van der Waals surface area contributed by atoms with Crippen molar-refractivity contribution < 1.29 is 9.47 Å². The van der Waals surface area contributed by atoms with Crippen molar-refractivity contribution in [3.8, 4) is 22.9 Å². The largest absolute Gasteiger partial charge is 0.492 e. The van der Waals surface area contributed by atoms with Crippen LogP contribution in [-0.4, -0.2) is 27.5 Å². The van der Waals surface area contributed by atoms with E-state index in [1.54, 1.807) is 11.8 Å². The first kappa shape index (κ1) is 23.3. The van der Waals surface area contributed by atoms with Crippen LogP contribution in [0, 0.1) is 0 Å². The molecule has 1 N–H and O–H groups in total. The number of hydrogen-bond acceptors (Lipinski definition) is 7. The maximum absolute atomic E-state index is 6.43. The average Bonchev–Trinajstić information content (AvgIpc) is 2.95. The number of anilines is 1. The van der Waals surface area contributed by atoms with Crippen LogP contribution in [0.25, 0.3) is 11.3 Å². The molecule has 0 radical (unpaired) electrons. The SMILES string of the molecule is CCCCCSc1nnc2c(n1)OC(c1cc(Br)cc(Br)c1OCC)Nc1ccccc1-2. The molecule has 0 fully saturated rings. The van der Waals surface area contributed by atoms with Crippen molar-refractivity contribution >= 4 is 49.3 Å². The fourth-order valence-corrected chi connectivity index (χ4v) is 5.59. The first-order valence-electron chi connectivity index (χ1n) is 10.6. The maximum Gasteiger partial charge on any atom is 0.247 e. The van der Waals surface area contributed by atoms with E-state index in [4.69, 9.17) is 14.5 Å².